The van der Waals surface area contributed by atoms with Crippen molar-refractivity contribution in [2.45, 2.75) is 31.4 Å². The second kappa shape index (κ2) is 7.64. The molecule has 164 valence electrons. The molecule has 1 aromatic heterocycles. The Hall–Kier alpha value is -2.93. The van der Waals surface area contributed by atoms with Crippen LogP contribution in [-0.2, 0) is 7.05 Å². The van der Waals surface area contributed by atoms with Crippen LogP contribution in [0.25, 0.3) is 11.0 Å². The van der Waals surface area contributed by atoms with Crippen LogP contribution in [0.2, 0.25) is 0 Å². The van der Waals surface area contributed by atoms with Crippen LogP contribution >= 0.6 is 0 Å². The summed E-state index contributed by atoms with van der Waals surface area (Å²) < 4.78 is 20.0. The fourth-order valence-electron chi connectivity index (χ4n) is 4.91. The summed E-state index contributed by atoms with van der Waals surface area (Å²) in [4.78, 5) is 7.22. The van der Waals surface area contributed by atoms with Gasteiger partial charge in [0.2, 0.25) is 11.7 Å². The zero-order chi connectivity index (χ0) is 21.6. The first-order chi connectivity index (χ1) is 15.0. The van der Waals surface area contributed by atoms with Crippen molar-refractivity contribution in [3.8, 4) is 17.2 Å². The SMILES string of the molecule is COc1cccc2c1OC(C(C)(N)C1CCN(c3nc4ccccc4n3C)CC1)CO2. The van der Waals surface area contributed by atoms with Crippen LogP contribution in [0.15, 0.2) is 42.5 Å². The van der Waals surface area contributed by atoms with Crippen molar-refractivity contribution in [1.82, 2.24) is 9.55 Å². The molecule has 0 saturated carbocycles. The lowest BCUT2D eigenvalue weighted by Crippen LogP contribution is -2.61. The van der Waals surface area contributed by atoms with E-state index in [0.29, 0.717) is 29.8 Å². The summed E-state index contributed by atoms with van der Waals surface area (Å²) in [5.74, 6) is 3.38. The summed E-state index contributed by atoms with van der Waals surface area (Å²) in [5, 5.41) is 0. The number of ether oxygens (including phenoxy) is 3. The fraction of sp³-hybridized carbons (Fsp3) is 0.458. The molecule has 2 aromatic carbocycles. The van der Waals surface area contributed by atoms with Gasteiger partial charge in [0.05, 0.1) is 23.7 Å². The maximum atomic E-state index is 6.91. The number of imidazole rings is 1. The quantitative estimate of drug-likeness (QED) is 0.695. The molecule has 7 nitrogen and oxygen atoms in total. The van der Waals surface area contributed by atoms with Gasteiger partial charge in [0.25, 0.3) is 0 Å². The fourth-order valence-corrected chi connectivity index (χ4v) is 4.91. The molecule has 0 amide bonds. The highest BCUT2D eigenvalue weighted by Crippen LogP contribution is 2.43. The molecule has 2 N–H and O–H groups in total. The molecule has 0 aliphatic carbocycles. The molecule has 1 fully saturated rings. The molecule has 5 rings (SSSR count). The summed E-state index contributed by atoms with van der Waals surface area (Å²) in [6.45, 7) is 4.37. The molecule has 7 heteroatoms. The van der Waals surface area contributed by atoms with Crippen molar-refractivity contribution in [1.29, 1.82) is 0 Å². The molecule has 2 aliphatic heterocycles. The van der Waals surface area contributed by atoms with Crippen LogP contribution in [0.5, 0.6) is 17.2 Å². The summed E-state index contributed by atoms with van der Waals surface area (Å²) >= 11 is 0. The zero-order valence-corrected chi connectivity index (χ0v) is 18.4. The van der Waals surface area contributed by atoms with Gasteiger partial charge < -0.3 is 29.4 Å². The van der Waals surface area contributed by atoms with Gasteiger partial charge in [0, 0.05) is 20.1 Å². The van der Waals surface area contributed by atoms with E-state index < -0.39 is 5.54 Å². The number of rotatable bonds is 4. The van der Waals surface area contributed by atoms with Crippen molar-refractivity contribution >= 4 is 17.0 Å². The topological polar surface area (TPSA) is 74.8 Å². The van der Waals surface area contributed by atoms with Gasteiger partial charge in [-0.15, -0.1) is 0 Å². The van der Waals surface area contributed by atoms with Crippen LogP contribution < -0.4 is 24.8 Å². The minimum absolute atomic E-state index is 0.233. The standard InChI is InChI=1S/C24H30N4O3/c1-24(25,21-15-30-20-10-6-9-19(29-3)22(20)31-21)16-11-13-28(14-12-16)23-26-17-7-4-5-8-18(17)27(23)2/h4-10,16,21H,11-15,25H2,1-3H3. The lowest BCUT2D eigenvalue weighted by molar-refractivity contribution is 0.00731. The zero-order valence-electron chi connectivity index (χ0n) is 18.4. The molecule has 31 heavy (non-hydrogen) atoms. The Kier molecular flexibility index (Phi) is 4.93. The Morgan fingerprint density at radius 3 is 2.65 bits per heavy atom. The molecule has 1 saturated heterocycles. The van der Waals surface area contributed by atoms with Gasteiger partial charge in [-0.1, -0.05) is 18.2 Å². The summed E-state index contributed by atoms with van der Waals surface area (Å²) in [5.41, 5.74) is 8.58. The summed E-state index contributed by atoms with van der Waals surface area (Å²) in [6, 6.07) is 14.0. The third-order valence-corrected chi connectivity index (χ3v) is 6.93. The highest BCUT2D eigenvalue weighted by atomic mass is 16.6. The molecule has 3 heterocycles. The maximum Gasteiger partial charge on any atom is 0.206 e. The van der Waals surface area contributed by atoms with Gasteiger partial charge >= 0.3 is 0 Å². The van der Waals surface area contributed by atoms with E-state index >= 15 is 0 Å². The molecule has 2 aliphatic rings. The van der Waals surface area contributed by atoms with Crippen LogP contribution in [0.1, 0.15) is 19.8 Å². The normalized spacial score (nSPS) is 21.2. The van der Waals surface area contributed by atoms with E-state index in [-0.39, 0.29) is 6.10 Å². The smallest absolute Gasteiger partial charge is 0.206 e. The first-order valence-corrected chi connectivity index (χ1v) is 10.9. The van der Waals surface area contributed by atoms with Gasteiger partial charge in [-0.25, -0.2) is 4.98 Å². The van der Waals surface area contributed by atoms with E-state index in [9.17, 15) is 0 Å². The number of anilines is 1. The number of piperidine rings is 1. The second-order valence-corrected chi connectivity index (χ2v) is 8.79. The second-order valence-electron chi connectivity index (χ2n) is 8.79. The van der Waals surface area contributed by atoms with Crippen molar-refractivity contribution in [3.05, 3.63) is 42.5 Å². The molecular weight excluding hydrogens is 392 g/mol. The number of aromatic nitrogens is 2. The third-order valence-electron chi connectivity index (χ3n) is 6.93. The van der Waals surface area contributed by atoms with Gasteiger partial charge in [0.15, 0.2) is 17.6 Å². The lowest BCUT2D eigenvalue weighted by Gasteiger charge is -2.45. The number of methoxy groups -OCH3 is 1. The summed E-state index contributed by atoms with van der Waals surface area (Å²) in [6.07, 6.45) is 1.73. The Bertz CT molecular complexity index is 1070. The number of nitrogens with zero attached hydrogens (tertiary/aromatic N) is 3. The van der Waals surface area contributed by atoms with Gasteiger partial charge in [-0.2, -0.15) is 0 Å². The van der Waals surface area contributed by atoms with Crippen molar-refractivity contribution < 1.29 is 14.2 Å². The Balaban J connectivity index is 1.30. The molecule has 0 bridgehead atoms. The predicted octanol–water partition coefficient (Wildman–Crippen LogP) is 3.36. The number of para-hydroxylation sites is 3. The van der Waals surface area contributed by atoms with E-state index in [2.05, 4.69) is 41.6 Å². The van der Waals surface area contributed by atoms with Gasteiger partial charge in [-0.05, 0) is 49.9 Å². The lowest BCUT2D eigenvalue weighted by atomic mass is 9.76. The Labute approximate surface area is 182 Å². The predicted molar refractivity (Wildman–Crippen MR) is 121 cm³/mol. The van der Waals surface area contributed by atoms with Gasteiger partial charge in [-0.3, -0.25) is 0 Å². The largest absolute Gasteiger partial charge is 0.493 e. The van der Waals surface area contributed by atoms with E-state index in [0.717, 1.165) is 42.9 Å². The van der Waals surface area contributed by atoms with Crippen molar-refractivity contribution in [3.63, 3.8) is 0 Å². The van der Waals surface area contributed by atoms with E-state index in [1.807, 2.05) is 24.3 Å². The molecule has 3 aromatic rings. The Morgan fingerprint density at radius 2 is 1.90 bits per heavy atom. The van der Waals surface area contributed by atoms with Crippen LogP contribution in [-0.4, -0.2) is 48.0 Å². The minimum atomic E-state index is -0.517. The first-order valence-electron chi connectivity index (χ1n) is 10.9. The molecule has 2 atom stereocenters. The van der Waals surface area contributed by atoms with E-state index in [1.54, 1.807) is 7.11 Å². The van der Waals surface area contributed by atoms with Crippen LogP contribution in [0.4, 0.5) is 5.95 Å². The highest BCUT2D eigenvalue weighted by Gasteiger charge is 2.44. The number of benzene rings is 2. The van der Waals surface area contributed by atoms with E-state index in [1.165, 1.54) is 0 Å². The average Bonchev–Trinajstić information content (AvgIpc) is 3.15. The first kappa shape index (κ1) is 20.0. The number of nitrogens with two attached hydrogens (primary N) is 1. The highest BCUT2D eigenvalue weighted by molar-refractivity contribution is 5.78. The Morgan fingerprint density at radius 1 is 1.13 bits per heavy atom. The van der Waals surface area contributed by atoms with Gasteiger partial charge in [0.1, 0.15) is 6.61 Å². The maximum absolute atomic E-state index is 6.91. The molecular formula is C24H30N4O3. The third kappa shape index (κ3) is 3.37. The summed E-state index contributed by atoms with van der Waals surface area (Å²) in [7, 11) is 3.73. The number of fused-ring (bicyclic) bond motifs is 2. The van der Waals surface area contributed by atoms with E-state index in [4.69, 9.17) is 24.9 Å². The number of hydrogen-bond acceptors (Lipinski definition) is 6. The van der Waals surface area contributed by atoms with Crippen molar-refractivity contribution in [2.75, 3.05) is 31.7 Å². The van der Waals surface area contributed by atoms with Crippen LogP contribution in [0.3, 0.4) is 0 Å². The monoisotopic (exact) mass is 422 g/mol. The molecule has 0 spiro atoms. The number of hydrogen-bond donors (Lipinski definition) is 1. The minimum Gasteiger partial charge on any atom is -0.493 e. The molecule has 2 unspecified atom stereocenters. The van der Waals surface area contributed by atoms with Crippen LogP contribution in [0, 0.1) is 5.92 Å². The molecule has 0 radical (unpaired) electrons. The average molecular weight is 423 g/mol. The number of aryl methyl sites for hydroxylation is 1. The van der Waals surface area contributed by atoms with Crippen molar-refractivity contribution in [2.24, 2.45) is 18.7 Å².